The van der Waals surface area contributed by atoms with Crippen LogP contribution in [-0.4, -0.2) is 36.9 Å². The fourth-order valence-electron chi connectivity index (χ4n) is 2.05. The van der Waals surface area contributed by atoms with Gasteiger partial charge in [0.1, 0.15) is 5.75 Å². The predicted molar refractivity (Wildman–Crippen MR) is 102 cm³/mol. The number of hydrogen-bond acceptors (Lipinski definition) is 3. The molecule has 0 unspecified atom stereocenters. The van der Waals surface area contributed by atoms with Crippen LogP contribution in [-0.2, 0) is 9.59 Å². The Bertz CT molecular complexity index is 765. The highest BCUT2D eigenvalue weighted by Crippen LogP contribution is 2.20. The van der Waals surface area contributed by atoms with Gasteiger partial charge < -0.3 is 15.0 Å². The maximum Gasteiger partial charge on any atom is 0.260 e. The van der Waals surface area contributed by atoms with E-state index < -0.39 is 0 Å². The number of halogens is 2. The van der Waals surface area contributed by atoms with Crippen LogP contribution in [0.25, 0.3) is 0 Å². The summed E-state index contributed by atoms with van der Waals surface area (Å²) in [5, 5.41) is 3.39. The van der Waals surface area contributed by atoms with Crippen LogP contribution in [0.4, 0.5) is 5.69 Å². The molecular weight excluding hydrogens is 408 g/mol. The Hall–Kier alpha value is -2.05. The summed E-state index contributed by atoms with van der Waals surface area (Å²) >= 11 is 9.17. The molecule has 2 rings (SSSR count). The zero-order valence-corrected chi connectivity index (χ0v) is 16.2. The number of anilines is 1. The summed E-state index contributed by atoms with van der Waals surface area (Å²) in [7, 11) is 1.56. The average Bonchev–Trinajstić information content (AvgIpc) is 2.56. The van der Waals surface area contributed by atoms with Gasteiger partial charge in [0, 0.05) is 22.2 Å². The number of nitrogens with one attached hydrogen (secondary N) is 1. The maximum absolute atomic E-state index is 12.1. The predicted octanol–water partition coefficient (Wildman–Crippen LogP) is 3.89. The number of hydrogen-bond donors (Lipinski definition) is 1. The van der Waals surface area contributed by atoms with Crippen molar-refractivity contribution in [2.75, 3.05) is 25.5 Å². The largest absolute Gasteiger partial charge is 0.484 e. The van der Waals surface area contributed by atoms with Crippen LogP contribution in [0.1, 0.15) is 5.56 Å². The molecular formula is C18H18BrClN2O3. The fourth-order valence-corrected chi connectivity index (χ4v) is 2.65. The molecule has 25 heavy (non-hydrogen) atoms. The van der Waals surface area contributed by atoms with Gasteiger partial charge in [0.25, 0.3) is 5.91 Å². The van der Waals surface area contributed by atoms with Crippen molar-refractivity contribution >= 4 is 45.0 Å². The molecule has 0 aliphatic carbocycles. The van der Waals surface area contributed by atoms with Gasteiger partial charge in [-0.25, -0.2) is 0 Å². The topological polar surface area (TPSA) is 58.6 Å². The molecule has 5 nitrogen and oxygen atoms in total. The maximum atomic E-state index is 12.1. The van der Waals surface area contributed by atoms with Crippen LogP contribution in [0.2, 0.25) is 5.02 Å². The first-order chi connectivity index (χ1) is 11.8. The van der Waals surface area contributed by atoms with Gasteiger partial charge in [-0.05, 0) is 55.0 Å². The third kappa shape index (κ3) is 6.07. The number of nitrogens with zero attached hydrogens (tertiary/aromatic N) is 1. The standard InChI is InChI=1S/C18H18BrClN2O3/c1-12-9-13(19)3-8-16(12)21-17(23)10-22(2)18(24)11-25-15-6-4-14(20)5-7-15/h3-9H,10-11H2,1-2H3,(H,21,23). The summed E-state index contributed by atoms with van der Waals surface area (Å²) in [6.45, 7) is 1.69. The summed E-state index contributed by atoms with van der Waals surface area (Å²) in [5.41, 5.74) is 1.65. The molecule has 0 radical (unpaired) electrons. The Balaban J connectivity index is 1.83. The van der Waals surface area contributed by atoms with Crippen LogP contribution in [0.3, 0.4) is 0 Å². The first kappa shape index (κ1) is 19.3. The molecule has 0 aliphatic heterocycles. The molecule has 7 heteroatoms. The lowest BCUT2D eigenvalue weighted by Gasteiger charge is -2.17. The number of rotatable bonds is 6. The fraction of sp³-hybridized carbons (Fsp3) is 0.222. The molecule has 2 aromatic rings. The molecule has 0 spiro atoms. The van der Waals surface area contributed by atoms with Crippen LogP contribution >= 0.6 is 27.5 Å². The second-order valence-corrected chi connectivity index (χ2v) is 6.85. The number of carbonyl (C=O) groups excluding carboxylic acids is 2. The number of carbonyl (C=O) groups is 2. The van der Waals surface area contributed by atoms with Crippen LogP contribution in [0.15, 0.2) is 46.9 Å². The first-order valence-corrected chi connectivity index (χ1v) is 8.70. The van der Waals surface area contributed by atoms with Crippen LogP contribution in [0, 0.1) is 6.92 Å². The summed E-state index contributed by atoms with van der Waals surface area (Å²) in [6.07, 6.45) is 0. The zero-order valence-electron chi connectivity index (χ0n) is 13.9. The van der Waals surface area contributed by atoms with E-state index in [1.807, 2.05) is 25.1 Å². The quantitative estimate of drug-likeness (QED) is 0.764. The van der Waals surface area contributed by atoms with E-state index in [1.165, 1.54) is 4.90 Å². The number of amides is 2. The molecule has 132 valence electrons. The zero-order chi connectivity index (χ0) is 18.4. The van der Waals surface area contributed by atoms with E-state index in [1.54, 1.807) is 31.3 Å². The van der Waals surface area contributed by atoms with E-state index in [0.29, 0.717) is 16.5 Å². The van der Waals surface area contributed by atoms with Crippen molar-refractivity contribution in [3.05, 3.63) is 57.5 Å². The highest BCUT2D eigenvalue weighted by molar-refractivity contribution is 9.10. The Morgan fingerprint density at radius 2 is 1.88 bits per heavy atom. The molecule has 0 aliphatic rings. The Morgan fingerprint density at radius 1 is 1.20 bits per heavy atom. The Labute approximate surface area is 160 Å². The molecule has 1 N–H and O–H groups in total. The van der Waals surface area contributed by atoms with Crippen molar-refractivity contribution in [1.82, 2.24) is 4.90 Å². The second kappa shape index (κ2) is 8.87. The van der Waals surface area contributed by atoms with Crippen LogP contribution in [0.5, 0.6) is 5.75 Å². The van der Waals surface area contributed by atoms with Gasteiger partial charge in [-0.2, -0.15) is 0 Å². The van der Waals surface area contributed by atoms with Crippen molar-refractivity contribution in [3.8, 4) is 5.75 Å². The number of likely N-dealkylation sites (N-methyl/N-ethyl adjacent to an activating group) is 1. The van der Waals surface area contributed by atoms with E-state index in [2.05, 4.69) is 21.2 Å². The van der Waals surface area contributed by atoms with E-state index in [0.717, 1.165) is 10.0 Å². The normalized spacial score (nSPS) is 10.2. The summed E-state index contributed by atoms with van der Waals surface area (Å²) in [6, 6.07) is 12.3. The van der Waals surface area contributed by atoms with Gasteiger partial charge in [-0.3, -0.25) is 9.59 Å². The third-order valence-electron chi connectivity index (χ3n) is 3.45. The Kier molecular flexibility index (Phi) is 6.84. The lowest BCUT2D eigenvalue weighted by Crippen LogP contribution is -2.37. The monoisotopic (exact) mass is 424 g/mol. The lowest BCUT2D eigenvalue weighted by atomic mass is 10.2. The number of aryl methyl sites for hydroxylation is 1. The first-order valence-electron chi connectivity index (χ1n) is 7.53. The third-order valence-corrected chi connectivity index (χ3v) is 4.19. The summed E-state index contributed by atoms with van der Waals surface area (Å²) in [5.74, 6) is -0.0218. The molecule has 0 saturated heterocycles. The van der Waals surface area contributed by atoms with Gasteiger partial charge in [0.05, 0.1) is 6.54 Å². The highest BCUT2D eigenvalue weighted by Gasteiger charge is 2.14. The highest BCUT2D eigenvalue weighted by atomic mass is 79.9. The average molecular weight is 426 g/mol. The van der Waals surface area contributed by atoms with Crippen molar-refractivity contribution < 1.29 is 14.3 Å². The van der Waals surface area contributed by atoms with Crippen LogP contribution < -0.4 is 10.1 Å². The van der Waals surface area contributed by atoms with Gasteiger partial charge in [-0.15, -0.1) is 0 Å². The van der Waals surface area contributed by atoms with Gasteiger partial charge in [0.15, 0.2) is 6.61 Å². The minimum absolute atomic E-state index is 0.0572. The van der Waals surface area contributed by atoms with Crippen molar-refractivity contribution in [2.24, 2.45) is 0 Å². The molecule has 2 amide bonds. The van der Waals surface area contributed by atoms with Gasteiger partial charge >= 0.3 is 0 Å². The Morgan fingerprint density at radius 3 is 2.52 bits per heavy atom. The molecule has 0 bridgehead atoms. The number of ether oxygens (including phenoxy) is 1. The van der Waals surface area contributed by atoms with Crippen molar-refractivity contribution in [3.63, 3.8) is 0 Å². The molecule has 0 fully saturated rings. The SMILES string of the molecule is Cc1cc(Br)ccc1NC(=O)CN(C)C(=O)COc1ccc(Cl)cc1. The smallest absolute Gasteiger partial charge is 0.260 e. The van der Waals surface area contributed by atoms with Crippen molar-refractivity contribution in [1.29, 1.82) is 0 Å². The van der Waals surface area contributed by atoms with Gasteiger partial charge in [0.2, 0.25) is 5.91 Å². The second-order valence-electron chi connectivity index (χ2n) is 5.50. The molecule has 0 saturated carbocycles. The summed E-state index contributed by atoms with van der Waals surface area (Å²) < 4.78 is 6.33. The van der Waals surface area contributed by atoms with E-state index in [-0.39, 0.29) is 25.0 Å². The van der Waals surface area contributed by atoms with E-state index in [9.17, 15) is 9.59 Å². The number of benzene rings is 2. The molecule has 0 atom stereocenters. The summed E-state index contributed by atoms with van der Waals surface area (Å²) in [4.78, 5) is 25.5. The molecule has 0 heterocycles. The van der Waals surface area contributed by atoms with Crippen molar-refractivity contribution in [2.45, 2.75) is 6.92 Å². The minimum atomic E-state index is -0.294. The lowest BCUT2D eigenvalue weighted by molar-refractivity contribution is -0.135. The molecule has 2 aromatic carbocycles. The van der Waals surface area contributed by atoms with Gasteiger partial charge in [-0.1, -0.05) is 27.5 Å². The minimum Gasteiger partial charge on any atom is -0.484 e. The van der Waals surface area contributed by atoms with E-state index >= 15 is 0 Å². The van der Waals surface area contributed by atoms with E-state index in [4.69, 9.17) is 16.3 Å². The molecule has 0 aromatic heterocycles.